The van der Waals surface area contributed by atoms with Crippen molar-refractivity contribution in [3.05, 3.63) is 6.33 Å². The van der Waals surface area contributed by atoms with E-state index in [1.54, 1.807) is 18.1 Å². The van der Waals surface area contributed by atoms with Gasteiger partial charge in [0.15, 0.2) is 4.34 Å². The van der Waals surface area contributed by atoms with E-state index in [1.807, 2.05) is 13.8 Å². The van der Waals surface area contributed by atoms with Gasteiger partial charge in [-0.3, -0.25) is 10.1 Å². The minimum Gasteiger partial charge on any atom is -0.465 e. The van der Waals surface area contributed by atoms with Crippen LogP contribution in [0.5, 0.6) is 0 Å². The van der Waals surface area contributed by atoms with E-state index in [9.17, 15) is 4.79 Å². The smallest absolute Gasteiger partial charge is 0.326 e. The molecule has 0 aromatic carbocycles. The highest BCUT2D eigenvalue weighted by molar-refractivity contribution is 8.01. The Hall–Kier alpha value is -0.660. The zero-order valence-corrected chi connectivity index (χ0v) is 13.7. The van der Waals surface area contributed by atoms with E-state index >= 15 is 0 Å². The van der Waals surface area contributed by atoms with E-state index in [-0.39, 0.29) is 11.2 Å². The summed E-state index contributed by atoms with van der Waals surface area (Å²) in [5.74, 6) is -0.156. The van der Waals surface area contributed by atoms with Gasteiger partial charge >= 0.3 is 5.97 Å². The van der Waals surface area contributed by atoms with Gasteiger partial charge in [0.25, 0.3) is 0 Å². The molecule has 0 bridgehead atoms. The molecule has 1 aromatic heterocycles. The fourth-order valence-corrected chi connectivity index (χ4v) is 4.11. The standard InChI is InChI=1S/C13H21N3O2S2/c1-4-18-11(17)13(3,16-10-5-6-10)7-9(2)19-12-14-8-15-20-12/h8-10,16H,4-7H2,1-3H3. The van der Waals surface area contributed by atoms with Crippen LogP contribution in [0.15, 0.2) is 10.7 Å². The zero-order chi connectivity index (χ0) is 14.6. The molecule has 0 amide bonds. The Morgan fingerprint density at radius 2 is 2.45 bits per heavy atom. The van der Waals surface area contributed by atoms with Crippen LogP contribution in [0.2, 0.25) is 0 Å². The molecule has 0 radical (unpaired) electrons. The van der Waals surface area contributed by atoms with Crippen LogP contribution in [0.1, 0.15) is 40.0 Å². The molecule has 5 nitrogen and oxygen atoms in total. The minimum absolute atomic E-state index is 0.156. The van der Waals surface area contributed by atoms with Gasteiger partial charge in [0.2, 0.25) is 0 Å². The van der Waals surface area contributed by atoms with E-state index in [4.69, 9.17) is 4.74 Å². The van der Waals surface area contributed by atoms with Crippen molar-refractivity contribution in [2.75, 3.05) is 6.61 Å². The van der Waals surface area contributed by atoms with Crippen LogP contribution in [0, 0.1) is 0 Å². The number of thioether (sulfide) groups is 1. The Labute approximate surface area is 128 Å². The van der Waals surface area contributed by atoms with E-state index < -0.39 is 5.54 Å². The fourth-order valence-electron chi connectivity index (χ4n) is 2.17. The number of hydrogen-bond acceptors (Lipinski definition) is 7. The van der Waals surface area contributed by atoms with E-state index in [2.05, 4.69) is 21.6 Å². The van der Waals surface area contributed by atoms with Gasteiger partial charge in [-0.15, -0.1) is 0 Å². The van der Waals surface area contributed by atoms with Crippen LogP contribution in [0.3, 0.4) is 0 Å². The van der Waals surface area contributed by atoms with E-state index in [1.165, 1.54) is 11.5 Å². The molecule has 7 heteroatoms. The van der Waals surface area contributed by atoms with E-state index in [0.29, 0.717) is 19.1 Å². The second-order valence-electron chi connectivity index (χ2n) is 5.31. The molecular weight excluding hydrogens is 294 g/mol. The molecule has 1 aliphatic rings. The van der Waals surface area contributed by atoms with Crippen molar-refractivity contribution in [1.82, 2.24) is 14.7 Å². The number of carbonyl (C=O) groups excluding carboxylic acids is 1. The van der Waals surface area contributed by atoms with Crippen molar-refractivity contribution in [2.45, 2.75) is 61.2 Å². The summed E-state index contributed by atoms with van der Waals surface area (Å²) >= 11 is 3.04. The summed E-state index contributed by atoms with van der Waals surface area (Å²) < 4.78 is 10.2. The summed E-state index contributed by atoms with van der Waals surface area (Å²) in [6.07, 6.45) is 4.57. The lowest BCUT2D eigenvalue weighted by Gasteiger charge is -2.30. The van der Waals surface area contributed by atoms with Crippen molar-refractivity contribution < 1.29 is 9.53 Å². The summed E-state index contributed by atoms with van der Waals surface area (Å²) in [4.78, 5) is 16.4. The third-order valence-electron chi connectivity index (χ3n) is 3.16. The van der Waals surface area contributed by atoms with Gasteiger partial charge in [0.05, 0.1) is 6.61 Å². The summed E-state index contributed by atoms with van der Waals surface area (Å²) in [5, 5.41) is 3.71. The maximum absolute atomic E-state index is 12.2. The molecule has 1 heterocycles. The predicted octanol–water partition coefficient (Wildman–Crippen LogP) is 2.48. The Balaban J connectivity index is 1.96. The predicted molar refractivity (Wildman–Crippen MR) is 81.0 cm³/mol. The number of ether oxygens (including phenoxy) is 1. The number of hydrogen-bond donors (Lipinski definition) is 1. The second-order valence-corrected chi connectivity index (χ2v) is 7.78. The second kappa shape index (κ2) is 6.87. The lowest BCUT2D eigenvalue weighted by Crippen LogP contribution is -2.52. The van der Waals surface area contributed by atoms with Crippen LogP contribution in [-0.2, 0) is 9.53 Å². The fraction of sp³-hybridized carbons (Fsp3) is 0.769. The normalized spacial score (nSPS) is 19.4. The molecule has 1 fully saturated rings. The summed E-state index contributed by atoms with van der Waals surface area (Å²) in [6.45, 7) is 6.31. The Kier molecular flexibility index (Phi) is 5.40. The molecule has 0 spiro atoms. The average Bonchev–Trinajstić information content (AvgIpc) is 3.03. The first-order valence-electron chi connectivity index (χ1n) is 6.91. The molecule has 0 saturated heterocycles. The van der Waals surface area contributed by atoms with Crippen molar-refractivity contribution in [3.63, 3.8) is 0 Å². The average molecular weight is 315 g/mol. The van der Waals surface area contributed by atoms with Crippen LogP contribution >= 0.6 is 23.3 Å². The maximum Gasteiger partial charge on any atom is 0.326 e. The summed E-state index contributed by atoms with van der Waals surface area (Å²) in [5.41, 5.74) is -0.617. The number of aromatic nitrogens is 2. The van der Waals surface area contributed by atoms with Gasteiger partial charge in [-0.2, -0.15) is 4.37 Å². The van der Waals surface area contributed by atoms with Gasteiger partial charge in [-0.1, -0.05) is 18.7 Å². The highest BCUT2D eigenvalue weighted by Gasteiger charge is 2.40. The maximum atomic E-state index is 12.2. The number of nitrogens with zero attached hydrogens (tertiary/aromatic N) is 2. The molecule has 2 unspecified atom stereocenters. The molecule has 1 aromatic rings. The quantitative estimate of drug-likeness (QED) is 0.587. The van der Waals surface area contributed by atoms with Gasteiger partial charge in [0.1, 0.15) is 11.9 Å². The summed E-state index contributed by atoms with van der Waals surface area (Å²) in [6, 6.07) is 0.461. The van der Waals surface area contributed by atoms with Gasteiger partial charge in [0, 0.05) is 11.3 Å². The molecular formula is C13H21N3O2S2. The van der Waals surface area contributed by atoms with Gasteiger partial charge in [-0.25, -0.2) is 4.98 Å². The Morgan fingerprint density at radius 1 is 1.70 bits per heavy atom. The molecule has 2 atom stereocenters. The van der Waals surface area contributed by atoms with Crippen LogP contribution in [-0.4, -0.2) is 38.8 Å². The number of nitrogens with one attached hydrogen (secondary N) is 1. The highest BCUT2D eigenvalue weighted by atomic mass is 32.2. The first-order valence-corrected chi connectivity index (χ1v) is 8.57. The third kappa shape index (κ3) is 4.43. The largest absolute Gasteiger partial charge is 0.465 e. The van der Waals surface area contributed by atoms with Crippen LogP contribution < -0.4 is 5.32 Å². The molecule has 20 heavy (non-hydrogen) atoms. The molecule has 1 saturated carbocycles. The van der Waals surface area contributed by atoms with Crippen LogP contribution in [0.25, 0.3) is 0 Å². The monoisotopic (exact) mass is 315 g/mol. The minimum atomic E-state index is -0.617. The van der Waals surface area contributed by atoms with Gasteiger partial charge in [-0.05, 0) is 44.6 Å². The van der Waals surface area contributed by atoms with Crippen molar-refractivity contribution >= 4 is 29.3 Å². The molecule has 1 N–H and O–H groups in total. The Morgan fingerprint density at radius 3 is 3.00 bits per heavy atom. The van der Waals surface area contributed by atoms with Gasteiger partial charge < -0.3 is 4.74 Å². The Bertz CT molecular complexity index is 437. The molecule has 1 aliphatic carbocycles. The first kappa shape index (κ1) is 15.7. The molecule has 0 aliphatic heterocycles. The van der Waals surface area contributed by atoms with Crippen molar-refractivity contribution in [1.29, 1.82) is 0 Å². The SMILES string of the molecule is CCOC(=O)C(C)(CC(C)Sc1ncns1)NC1CC1. The number of esters is 1. The zero-order valence-electron chi connectivity index (χ0n) is 12.1. The van der Waals surface area contributed by atoms with Crippen molar-refractivity contribution in [2.24, 2.45) is 0 Å². The third-order valence-corrected chi connectivity index (χ3v) is 5.01. The van der Waals surface area contributed by atoms with Crippen molar-refractivity contribution in [3.8, 4) is 0 Å². The molecule has 2 rings (SSSR count). The topological polar surface area (TPSA) is 64.1 Å². The van der Waals surface area contributed by atoms with E-state index in [0.717, 1.165) is 17.2 Å². The van der Waals surface area contributed by atoms with Crippen LogP contribution in [0.4, 0.5) is 0 Å². The summed E-state index contributed by atoms with van der Waals surface area (Å²) in [7, 11) is 0. The molecule has 112 valence electrons. The number of carbonyl (C=O) groups is 1. The first-order chi connectivity index (χ1) is 9.53. The lowest BCUT2D eigenvalue weighted by molar-refractivity contribution is -0.150. The number of rotatable bonds is 8. The highest BCUT2D eigenvalue weighted by Crippen LogP contribution is 2.32. The lowest BCUT2D eigenvalue weighted by atomic mass is 9.95.